The van der Waals surface area contributed by atoms with Crippen LogP contribution in [0, 0.1) is 23.2 Å². The van der Waals surface area contributed by atoms with Gasteiger partial charge in [-0.05, 0) is 20.4 Å². The van der Waals surface area contributed by atoms with Gasteiger partial charge in [-0.3, -0.25) is 15.1 Å². The summed E-state index contributed by atoms with van der Waals surface area (Å²) in [5.74, 6) is 4.72. The molecule has 0 aliphatic carbocycles. The van der Waals surface area contributed by atoms with Crippen molar-refractivity contribution in [2.24, 2.45) is 17.7 Å². The van der Waals surface area contributed by atoms with Crippen LogP contribution in [0.4, 0.5) is 0 Å². The van der Waals surface area contributed by atoms with E-state index >= 15 is 0 Å². The summed E-state index contributed by atoms with van der Waals surface area (Å²) in [6.07, 6.45) is 0. The number of carbonyl (C=O) groups is 1. The maximum absolute atomic E-state index is 11.4. The molecule has 0 radical (unpaired) electrons. The number of hydrazine groups is 1. The first-order chi connectivity index (χ1) is 7.47. The SMILES string of the molecule is CCN(CC(C)C#N)C(C)C(C)C(=O)NN. The van der Waals surface area contributed by atoms with Crippen molar-refractivity contribution in [1.82, 2.24) is 10.3 Å². The third kappa shape index (κ3) is 4.17. The first-order valence-corrected chi connectivity index (χ1v) is 5.62. The van der Waals surface area contributed by atoms with E-state index in [9.17, 15) is 4.79 Å². The smallest absolute Gasteiger partial charge is 0.238 e. The van der Waals surface area contributed by atoms with Crippen molar-refractivity contribution >= 4 is 5.91 Å². The maximum atomic E-state index is 11.4. The zero-order valence-electron chi connectivity index (χ0n) is 10.5. The quantitative estimate of drug-likeness (QED) is 0.392. The molecule has 0 rings (SSSR count). The zero-order valence-corrected chi connectivity index (χ0v) is 10.5. The van der Waals surface area contributed by atoms with Crippen molar-refractivity contribution in [2.45, 2.75) is 33.7 Å². The minimum atomic E-state index is -0.184. The molecule has 3 unspecified atom stereocenters. The summed E-state index contributed by atoms with van der Waals surface area (Å²) >= 11 is 0. The largest absolute Gasteiger partial charge is 0.299 e. The van der Waals surface area contributed by atoms with Gasteiger partial charge in [-0.25, -0.2) is 5.84 Å². The lowest BCUT2D eigenvalue weighted by Crippen LogP contribution is -2.47. The maximum Gasteiger partial charge on any atom is 0.238 e. The van der Waals surface area contributed by atoms with Gasteiger partial charge in [-0.1, -0.05) is 13.8 Å². The summed E-state index contributed by atoms with van der Waals surface area (Å²) < 4.78 is 0. The third-order valence-corrected chi connectivity index (χ3v) is 2.99. The highest BCUT2D eigenvalue weighted by Gasteiger charge is 2.25. The number of nitrogens with zero attached hydrogens (tertiary/aromatic N) is 2. The fraction of sp³-hybridized carbons (Fsp3) is 0.818. The van der Waals surface area contributed by atoms with Gasteiger partial charge in [0.1, 0.15) is 0 Å². The van der Waals surface area contributed by atoms with E-state index in [0.717, 1.165) is 6.54 Å². The number of hydrogen-bond acceptors (Lipinski definition) is 4. The molecule has 0 saturated carbocycles. The second kappa shape index (κ2) is 7.20. The van der Waals surface area contributed by atoms with Crippen LogP contribution in [0.15, 0.2) is 0 Å². The van der Waals surface area contributed by atoms with Gasteiger partial charge in [0, 0.05) is 12.6 Å². The van der Waals surface area contributed by atoms with Gasteiger partial charge < -0.3 is 0 Å². The van der Waals surface area contributed by atoms with Gasteiger partial charge in [0.25, 0.3) is 0 Å². The molecule has 0 bridgehead atoms. The molecule has 3 atom stereocenters. The Morgan fingerprint density at radius 2 is 2.06 bits per heavy atom. The van der Waals surface area contributed by atoms with E-state index in [0.29, 0.717) is 6.54 Å². The standard InChI is InChI=1S/C11H22N4O/c1-5-15(7-8(2)6-12)10(4)9(3)11(16)14-13/h8-10H,5,7,13H2,1-4H3,(H,14,16). The Bertz CT molecular complexity index is 261. The molecule has 0 heterocycles. The molecule has 0 spiro atoms. The third-order valence-electron chi connectivity index (χ3n) is 2.99. The van der Waals surface area contributed by atoms with Crippen molar-refractivity contribution in [3.63, 3.8) is 0 Å². The molecule has 0 aliphatic heterocycles. The molecular formula is C11H22N4O. The predicted molar refractivity (Wildman–Crippen MR) is 63.0 cm³/mol. The number of carbonyl (C=O) groups excluding carboxylic acids is 1. The van der Waals surface area contributed by atoms with Crippen LogP contribution in [0.25, 0.3) is 0 Å². The monoisotopic (exact) mass is 226 g/mol. The number of amides is 1. The van der Waals surface area contributed by atoms with E-state index < -0.39 is 0 Å². The Morgan fingerprint density at radius 3 is 2.44 bits per heavy atom. The number of nitriles is 1. The molecule has 3 N–H and O–H groups in total. The molecule has 0 aromatic heterocycles. The molecule has 16 heavy (non-hydrogen) atoms. The zero-order chi connectivity index (χ0) is 12.7. The van der Waals surface area contributed by atoms with Gasteiger partial charge in [-0.15, -0.1) is 0 Å². The first kappa shape index (κ1) is 14.9. The number of nitrogens with two attached hydrogens (primary N) is 1. The molecular weight excluding hydrogens is 204 g/mol. The lowest BCUT2D eigenvalue weighted by molar-refractivity contribution is -0.126. The fourth-order valence-electron chi connectivity index (χ4n) is 1.64. The summed E-state index contributed by atoms with van der Waals surface area (Å²) in [4.78, 5) is 13.5. The Kier molecular flexibility index (Phi) is 6.70. The molecule has 0 aromatic carbocycles. The molecule has 0 aromatic rings. The predicted octanol–water partition coefficient (Wildman–Crippen LogP) is 0.482. The molecule has 0 fully saturated rings. The van der Waals surface area contributed by atoms with Crippen LogP contribution in [0.5, 0.6) is 0 Å². The van der Waals surface area contributed by atoms with Gasteiger partial charge in [0.05, 0.1) is 17.9 Å². The van der Waals surface area contributed by atoms with Gasteiger partial charge >= 0.3 is 0 Å². The normalized spacial score (nSPS) is 16.3. The van der Waals surface area contributed by atoms with E-state index in [1.54, 1.807) is 0 Å². The van der Waals surface area contributed by atoms with E-state index in [-0.39, 0.29) is 23.8 Å². The number of rotatable bonds is 6. The molecule has 5 heteroatoms. The average molecular weight is 226 g/mol. The van der Waals surface area contributed by atoms with E-state index in [1.165, 1.54) is 0 Å². The van der Waals surface area contributed by atoms with Crippen LogP contribution >= 0.6 is 0 Å². The minimum Gasteiger partial charge on any atom is -0.299 e. The van der Waals surface area contributed by atoms with Crippen LogP contribution in [-0.4, -0.2) is 29.9 Å². The highest BCUT2D eigenvalue weighted by Crippen LogP contribution is 2.12. The summed E-state index contributed by atoms with van der Waals surface area (Å²) in [5, 5.41) is 8.78. The Balaban J connectivity index is 4.47. The van der Waals surface area contributed by atoms with Crippen molar-refractivity contribution in [2.75, 3.05) is 13.1 Å². The average Bonchev–Trinajstić information content (AvgIpc) is 2.32. The molecule has 1 amide bonds. The summed E-state index contributed by atoms with van der Waals surface area (Å²) in [7, 11) is 0. The Labute approximate surface area is 97.6 Å². The van der Waals surface area contributed by atoms with E-state index in [1.807, 2.05) is 27.7 Å². The van der Waals surface area contributed by atoms with Crippen molar-refractivity contribution in [1.29, 1.82) is 5.26 Å². The topological polar surface area (TPSA) is 82.2 Å². The van der Waals surface area contributed by atoms with Gasteiger partial charge in [0.15, 0.2) is 0 Å². The van der Waals surface area contributed by atoms with E-state index in [4.69, 9.17) is 11.1 Å². The minimum absolute atomic E-state index is 0.0319. The van der Waals surface area contributed by atoms with E-state index in [2.05, 4.69) is 16.4 Å². The Hall–Kier alpha value is -1.12. The lowest BCUT2D eigenvalue weighted by Gasteiger charge is -2.32. The Morgan fingerprint density at radius 1 is 1.50 bits per heavy atom. The highest BCUT2D eigenvalue weighted by molar-refractivity contribution is 5.78. The van der Waals surface area contributed by atoms with Crippen molar-refractivity contribution < 1.29 is 4.79 Å². The second-order valence-electron chi connectivity index (χ2n) is 4.16. The number of hydrogen-bond donors (Lipinski definition) is 2. The van der Waals surface area contributed by atoms with Crippen LogP contribution in [0.3, 0.4) is 0 Å². The summed E-state index contributed by atoms with van der Waals surface area (Å²) in [5.41, 5.74) is 2.16. The highest BCUT2D eigenvalue weighted by atomic mass is 16.2. The molecule has 0 aliphatic rings. The molecule has 92 valence electrons. The van der Waals surface area contributed by atoms with Crippen LogP contribution in [0.1, 0.15) is 27.7 Å². The van der Waals surface area contributed by atoms with Crippen LogP contribution < -0.4 is 11.3 Å². The van der Waals surface area contributed by atoms with Crippen molar-refractivity contribution in [3.05, 3.63) is 0 Å². The fourth-order valence-corrected chi connectivity index (χ4v) is 1.64. The first-order valence-electron chi connectivity index (χ1n) is 5.62. The lowest BCUT2D eigenvalue weighted by atomic mass is 10.00. The van der Waals surface area contributed by atoms with Crippen LogP contribution in [-0.2, 0) is 4.79 Å². The summed E-state index contributed by atoms with van der Waals surface area (Å²) in [6, 6.07) is 2.27. The van der Waals surface area contributed by atoms with Crippen molar-refractivity contribution in [3.8, 4) is 6.07 Å². The van der Waals surface area contributed by atoms with Crippen LogP contribution in [0.2, 0.25) is 0 Å². The molecule has 5 nitrogen and oxygen atoms in total. The van der Waals surface area contributed by atoms with Gasteiger partial charge in [0.2, 0.25) is 5.91 Å². The van der Waals surface area contributed by atoms with Gasteiger partial charge in [-0.2, -0.15) is 5.26 Å². The second-order valence-corrected chi connectivity index (χ2v) is 4.16. The summed E-state index contributed by atoms with van der Waals surface area (Å²) in [6.45, 7) is 9.21. The number of nitrogens with one attached hydrogen (secondary N) is 1. The molecule has 0 saturated heterocycles.